The van der Waals surface area contributed by atoms with Crippen LogP contribution in [-0.4, -0.2) is 48.2 Å². The van der Waals surface area contributed by atoms with Crippen molar-refractivity contribution in [3.63, 3.8) is 0 Å². The van der Waals surface area contributed by atoms with Crippen LogP contribution >= 0.6 is 31.9 Å². The molecule has 1 fully saturated rings. The largest absolute Gasteiger partial charge is 0.389 e. The zero-order chi connectivity index (χ0) is 13.5. The minimum atomic E-state index is -3.72. The van der Waals surface area contributed by atoms with Gasteiger partial charge in [0.2, 0.25) is 10.0 Å². The van der Waals surface area contributed by atoms with Gasteiger partial charge in [-0.15, -0.1) is 0 Å². The SMILES string of the molecule is O=S(=O)(c1cc(Br)ccc1Br)N1C[C@@H](O)[C@@H](O)C1. The summed E-state index contributed by atoms with van der Waals surface area (Å²) in [7, 11) is -3.72. The topological polar surface area (TPSA) is 77.8 Å². The maximum absolute atomic E-state index is 12.4. The average molecular weight is 401 g/mol. The number of benzene rings is 1. The summed E-state index contributed by atoms with van der Waals surface area (Å²) >= 11 is 6.41. The van der Waals surface area contributed by atoms with Gasteiger partial charge in [-0.3, -0.25) is 0 Å². The van der Waals surface area contributed by atoms with E-state index in [9.17, 15) is 18.6 Å². The maximum Gasteiger partial charge on any atom is 0.244 e. The summed E-state index contributed by atoms with van der Waals surface area (Å²) in [6.45, 7) is -0.190. The number of aliphatic hydroxyl groups is 2. The van der Waals surface area contributed by atoms with E-state index in [0.717, 1.165) is 4.31 Å². The highest BCUT2D eigenvalue weighted by atomic mass is 79.9. The van der Waals surface area contributed by atoms with Crippen molar-refractivity contribution in [1.29, 1.82) is 0 Å². The molecule has 5 nitrogen and oxygen atoms in total. The number of hydrogen-bond acceptors (Lipinski definition) is 4. The second-order valence-corrected chi connectivity index (χ2v) is 7.71. The van der Waals surface area contributed by atoms with E-state index >= 15 is 0 Å². The molecule has 1 saturated heterocycles. The zero-order valence-electron chi connectivity index (χ0n) is 9.12. The molecule has 2 N–H and O–H groups in total. The molecule has 0 amide bonds. The fourth-order valence-corrected chi connectivity index (χ4v) is 4.68. The molecule has 2 atom stereocenters. The molecular formula is C10H11Br2NO4S. The van der Waals surface area contributed by atoms with Gasteiger partial charge in [-0.2, -0.15) is 4.31 Å². The quantitative estimate of drug-likeness (QED) is 0.774. The van der Waals surface area contributed by atoms with Gasteiger partial charge in [-0.25, -0.2) is 8.42 Å². The third kappa shape index (κ3) is 2.63. The van der Waals surface area contributed by atoms with Crippen molar-refractivity contribution in [3.8, 4) is 0 Å². The van der Waals surface area contributed by atoms with Crippen LogP contribution in [0.25, 0.3) is 0 Å². The van der Waals surface area contributed by atoms with Crippen molar-refractivity contribution in [3.05, 3.63) is 27.1 Å². The van der Waals surface area contributed by atoms with Crippen molar-refractivity contribution >= 4 is 41.9 Å². The monoisotopic (exact) mass is 399 g/mol. The van der Waals surface area contributed by atoms with Crippen LogP contribution < -0.4 is 0 Å². The molecule has 0 bridgehead atoms. The number of nitrogens with zero attached hydrogens (tertiary/aromatic N) is 1. The van der Waals surface area contributed by atoms with E-state index in [1.165, 1.54) is 6.07 Å². The zero-order valence-corrected chi connectivity index (χ0v) is 13.1. The predicted octanol–water partition coefficient (Wildman–Crippen LogP) is 0.938. The lowest BCUT2D eigenvalue weighted by molar-refractivity contribution is 0.0572. The van der Waals surface area contributed by atoms with Crippen molar-refractivity contribution in [2.75, 3.05) is 13.1 Å². The molecule has 1 heterocycles. The molecule has 0 spiro atoms. The highest BCUT2D eigenvalue weighted by Crippen LogP contribution is 2.30. The molecule has 1 aliphatic heterocycles. The summed E-state index contributed by atoms with van der Waals surface area (Å²) < 4.78 is 26.9. The van der Waals surface area contributed by atoms with Crippen LogP contribution in [0, 0.1) is 0 Å². The highest BCUT2D eigenvalue weighted by Gasteiger charge is 2.38. The van der Waals surface area contributed by atoms with E-state index in [1.807, 2.05) is 0 Å². The second-order valence-electron chi connectivity index (χ2n) is 4.03. The Bertz CT molecular complexity index is 553. The first-order valence-electron chi connectivity index (χ1n) is 5.13. The molecule has 8 heteroatoms. The Morgan fingerprint density at radius 3 is 2.28 bits per heavy atom. The average Bonchev–Trinajstić information content (AvgIpc) is 2.63. The first-order chi connectivity index (χ1) is 8.32. The molecule has 1 aliphatic rings. The normalized spacial score (nSPS) is 25.6. The van der Waals surface area contributed by atoms with Crippen LogP contribution in [0.4, 0.5) is 0 Å². The third-order valence-corrected chi connectivity index (χ3v) is 6.06. The van der Waals surface area contributed by atoms with Gasteiger partial charge in [-0.1, -0.05) is 15.9 Å². The Balaban J connectivity index is 2.40. The lowest BCUT2D eigenvalue weighted by Crippen LogP contribution is -2.30. The Kier molecular flexibility index (Phi) is 4.15. The van der Waals surface area contributed by atoms with Crippen LogP contribution in [0.2, 0.25) is 0 Å². The van der Waals surface area contributed by atoms with Crippen molar-refractivity contribution < 1.29 is 18.6 Å². The highest BCUT2D eigenvalue weighted by molar-refractivity contribution is 9.11. The fourth-order valence-electron chi connectivity index (χ4n) is 1.75. The number of sulfonamides is 1. The molecule has 1 aromatic rings. The third-order valence-electron chi connectivity index (χ3n) is 2.74. The lowest BCUT2D eigenvalue weighted by atomic mass is 10.3. The first kappa shape index (κ1) is 14.4. The van der Waals surface area contributed by atoms with E-state index < -0.39 is 22.2 Å². The smallest absolute Gasteiger partial charge is 0.244 e. The van der Waals surface area contributed by atoms with Gasteiger partial charge in [0.05, 0.1) is 17.1 Å². The van der Waals surface area contributed by atoms with E-state index in [-0.39, 0.29) is 18.0 Å². The number of β-amino-alcohol motifs (C(OH)–C–C–N with tert-alkyl or cyclic N) is 2. The predicted molar refractivity (Wildman–Crippen MR) is 72.6 cm³/mol. The Morgan fingerprint density at radius 1 is 1.17 bits per heavy atom. The van der Waals surface area contributed by atoms with E-state index in [1.54, 1.807) is 12.1 Å². The molecule has 0 aliphatic carbocycles. The Hall–Kier alpha value is 0.01000. The summed E-state index contributed by atoms with van der Waals surface area (Å²) in [5, 5.41) is 18.9. The Morgan fingerprint density at radius 2 is 1.72 bits per heavy atom. The second kappa shape index (κ2) is 5.18. The molecule has 18 heavy (non-hydrogen) atoms. The van der Waals surface area contributed by atoms with Crippen LogP contribution in [0.15, 0.2) is 32.0 Å². The van der Waals surface area contributed by atoms with Gasteiger partial charge in [0.15, 0.2) is 0 Å². The first-order valence-corrected chi connectivity index (χ1v) is 8.16. The lowest BCUT2D eigenvalue weighted by Gasteiger charge is -2.16. The number of hydrogen-bond donors (Lipinski definition) is 2. The standard InChI is InChI=1S/C10H11Br2NO4S/c11-6-1-2-7(12)10(3-6)18(16,17)13-4-8(14)9(15)5-13/h1-3,8-9,14-15H,4-5H2/t8-,9+. The fraction of sp³-hybridized carbons (Fsp3) is 0.400. The van der Waals surface area contributed by atoms with E-state index in [4.69, 9.17) is 0 Å². The minimum absolute atomic E-state index is 0.0948. The van der Waals surface area contributed by atoms with Crippen LogP contribution in [0.1, 0.15) is 0 Å². The molecule has 0 unspecified atom stereocenters. The van der Waals surface area contributed by atoms with Gasteiger partial charge >= 0.3 is 0 Å². The van der Waals surface area contributed by atoms with Crippen LogP contribution in [0.3, 0.4) is 0 Å². The van der Waals surface area contributed by atoms with Gasteiger partial charge in [-0.05, 0) is 34.1 Å². The van der Waals surface area contributed by atoms with Crippen molar-refractivity contribution in [1.82, 2.24) is 4.31 Å². The van der Waals surface area contributed by atoms with Crippen molar-refractivity contribution in [2.45, 2.75) is 17.1 Å². The van der Waals surface area contributed by atoms with Gasteiger partial charge in [0.25, 0.3) is 0 Å². The summed E-state index contributed by atoms with van der Waals surface area (Å²) in [5.41, 5.74) is 0. The summed E-state index contributed by atoms with van der Waals surface area (Å²) in [4.78, 5) is 0.109. The van der Waals surface area contributed by atoms with Crippen LogP contribution in [-0.2, 0) is 10.0 Å². The minimum Gasteiger partial charge on any atom is -0.389 e. The molecule has 1 aromatic carbocycles. The summed E-state index contributed by atoms with van der Waals surface area (Å²) in [6, 6.07) is 4.83. The van der Waals surface area contributed by atoms with E-state index in [2.05, 4.69) is 31.9 Å². The van der Waals surface area contributed by atoms with Gasteiger partial charge in [0, 0.05) is 22.0 Å². The molecule has 100 valence electrons. The summed E-state index contributed by atoms with van der Waals surface area (Å²) in [6.07, 6.45) is -2.07. The Labute approximate surface area is 122 Å². The molecular weight excluding hydrogens is 390 g/mol. The maximum atomic E-state index is 12.4. The van der Waals surface area contributed by atoms with Crippen LogP contribution in [0.5, 0.6) is 0 Å². The van der Waals surface area contributed by atoms with Crippen molar-refractivity contribution in [2.24, 2.45) is 0 Å². The molecule has 0 aromatic heterocycles. The molecule has 0 saturated carbocycles. The molecule has 2 rings (SSSR count). The summed E-state index contributed by atoms with van der Waals surface area (Å²) in [5.74, 6) is 0. The number of halogens is 2. The number of rotatable bonds is 2. The molecule has 0 radical (unpaired) electrons. The van der Waals surface area contributed by atoms with Gasteiger partial charge in [0.1, 0.15) is 0 Å². The number of aliphatic hydroxyl groups excluding tert-OH is 2. The van der Waals surface area contributed by atoms with E-state index in [0.29, 0.717) is 8.95 Å². The van der Waals surface area contributed by atoms with Gasteiger partial charge < -0.3 is 10.2 Å².